The maximum absolute atomic E-state index is 11.8. The minimum Gasteiger partial charge on any atom is -0.465 e. The third-order valence-electron chi connectivity index (χ3n) is 2.37. The van der Waals surface area contributed by atoms with Crippen LogP contribution in [-0.2, 0) is 4.79 Å². The van der Waals surface area contributed by atoms with Crippen LogP contribution in [0.1, 0.15) is 5.76 Å². The Bertz CT molecular complexity index is 531. The topological polar surface area (TPSA) is 54.6 Å². The number of furan rings is 1. The van der Waals surface area contributed by atoms with Crippen LogP contribution < -0.4 is 5.32 Å². The molecule has 0 radical (unpaired) electrons. The van der Waals surface area contributed by atoms with Gasteiger partial charge in [-0.1, -0.05) is 11.8 Å². The van der Waals surface area contributed by atoms with E-state index in [1.807, 2.05) is 11.5 Å². The molecule has 0 saturated carbocycles. The van der Waals surface area contributed by atoms with Crippen molar-refractivity contribution in [2.45, 2.75) is 0 Å². The Balaban J connectivity index is 2.03. The van der Waals surface area contributed by atoms with E-state index >= 15 is 0 Å². The number of rotatable bonds is 1. The van der Waals surface area contributed by atoms with E-state index in [0.29, 0.717) is 5.76 Å². The molecule has 2 aliphatic heterocycles. The molecule has 1 unspecified atom stereocenters. The molecular formula is C10H6N2O2S2. The summed E-state index contributed by atoms with van der Waals surface area (Å²) in [5.74, 6) is 0.191. The summed E-state index contributed by atoms with van der Waals surface area (Å²) in [6.07, 6.45) is 1.58. The Morgan fingerprint density at radius 2 is 2.44 bits per heavy atom. The predicted molar refractivity (Wildman–Crippen MR) is 65.9 cm³/mol. The zero-order valence-electron chi connectivity index (χ0n) is 7.97. The maximum Gasteiger partial charge on any atom is 0.240 e. The summed E-state index contributed by atoms with van der Waals surface area (Å²) in [5, 5.41) is 5.39. The third kappa shape index (κ3) is 1.42. The molecule has 80 valence electrons. The molecule has 1 atom stereocenters. The van der Waals surface area contributed by atoms with Gasteiger partial charge in [-0.2, -0.15) is 0 Å². The zero-order valence-corrected chi connectivity index (χ0v) is 9.60. The predicted octanol–water partition coefficient (Wildman–Crippen LogP) is 1.80. The SMILES string of the molecule is O=C1NC(=S)N=C2SC=C(c3ccco3)C12. The van der Waals surface area contributed by atoms with Gasteiger partial charge in [-0.3, -0.25) is 4.79 Å². The van der Waals surface area contributed by atoms with E-state index in [1.165, 1.54) is 11.8 Å². The van der Waals surface area contributed by atoms with Crippen LogP contribution >= 0.6 is 24.0 Å². The number of thiocarbonyl (C=S) groups is 1. The molecule has 3 rings (SSSR count). The lowest BCUT2D eigenvalue weighted by molar-refractivity contribution is -0.120. The summed E-state index contributed by atoms with van der Waals surface area (Å²) < 4.78 is 5.29. The number of fused-ring (bicyclic) bond motifs is 1. The average molecular weight is 250 g/mol. The molecule has 2 aliphatic rings. The van der Waals surface area contributed by atoms with Gasteiger partial charge in [-0.05, 0) is 29.8 Å². The first kappa shape index (κ1) is 9.80. The molecule has 16 heavy (non-hydrogen) atoms. The van der Waals surface area contributed by atoms with Gasteiger partial charge in [0, 0.05) is 5.57 Å². The van der Waals surface area contributed by atoms with Gasteiger partial charge in [0.1, 0.15) is 11.7 Å². The van der Waals surface area contributed by atoms with Crippen LogP contribution in [-0.4, -0.2) is 16.1 Å². The van der Waals surface area contributed by atoms with Crippen LogP contribution in [0.2, 0.25) is 0 Å². The molecule has 0 fully saturated rings. The van der Waals surface area contributed by atoms with Gasteiger partial charge in [0.05, 0.1) is 11.3 Å². The molecule has 3 heterocycles. The average Bonchev–Trinajstić information content (AvgIpc) is 2.82. The highest BCUT2D eigenvalue weighted by molar-refractivity contribution is 8.17. The fourth-order valence-electron chi connectivity index (χ4n) is 1.69. The van der Waals surface area contributed by atoms with E-state index in [0.717, 1.165) is 10.6 Å². The fraction of sp³-hybridized carbons (Fsp3) is 0.100. The summed E-state index contributed by atoms with van der Waals surface area (Å²) >= 11 is 6.29. The number of carbonyl (C=O) groups is 1. The lowest BCUT2D eigenvalue weighted by atomic mass is 9.98. The quantitative estimate of drug-likeness (QED) is 0.772. The summed E-state index contributed by atoms with van der Waals surface area (Å²) in [7, 11) is 0. The van der Waals surface area contributed by atoms with Crippen LogP contribution in [0.15, 0.2) is 33.2 Å². The normalized spacial score (nSPS) is 23.6. The van der Waals surface area contributed by atoms with Gasteiger partial charge in [0.25, 0.3) is 0 Å². The van der Waals surface area contributed by atoms with Crippen LogP contribution in [0.3, 0.4) is 0 Å². The van der Waals surface area contributed by atoms with Gasteiger partial charge in [0.2, 0.25) is 5.91 Å². The number of amides is 1. The fourth-order valence-corrected chi connectivity index (χ4v) is 2.96. The number of carbonyl (C=O) groups excluding carboxylic acids is 1. The largest absolute Gasteiger partial charge is 0.465 e. The summed E-state index contributed by atoms with van der Waals surface area (Å²) in [6, 6.07) is 3.62. The van der Waals surface area contributed by atoms with Crippen LogP contribution in [0.5, 0.6) is 0 Å². The first-order chi connectivity index (χ1) is 7.75. The second kappa shape index (κ2) is 3.57. The molecule has 6 heteroatoms. The molecule has 0 spiro atoms. The molecule has 0 aromatic carbocycles. The van der Waals surface area contributed by atoms with Crippen molar-refractivity contribution < 1.29 is 9.21 Å². The first-order valence-corrected chi connectivity index (χ1v) is 5.88. The highest BCUT2D eigenvalue weighted by Crippen LogP contribution is 2.39. The second-order valence-corrected chi connectivity index (χ2v) is 4.62. The molecule has 1 amide bonds. The van der Waals surface area contributed by atoms with Gasteiger partial charge < -0.3 is 9.73 Å². The smallest absolute Gasteiger partial charge is 0.240 e. The van der Waals surface area contributed by atoms with E-state index in [1.54, 1.807) is 12.3 Å². The summed E-state index contributed by atoms with van der Waals surface area (Å²) in [5.41, 5.74) is 0.841. The molecule has 1 aromatic rings. The number of hydrogen-bond acceptors (Lipinski definition) is 4. The standard InChI is InChI=1S/C10H6N2O2S2/c13-8-7-5(6-2-1-3-14-6)4-16-9(7)12-10(15)11-8/h1-4,7H,(H,11,13,15). The molecule has 1 N–H and O–H groups in total. The molecule has 1 aromatic heterocycles. The molecule has 4 nitrogen and oxygen atoms in total. The monoisotopic (exact) mass is 250 g/mol. The Morgan fingerprint density at radius 1 is 1.56 bits per heavy atom. The Kier molecular flexibility index (Phi) is 2.19. The summed E-state index contributed by atoms with van der Waals surface area (Å²) in [4.78, 5) is 16.0. The second-order valence-electron chi connectivity index (χ2n) is 3.35. The number of thioether (sulfide) groups is 1. The van der Waals surface area contributed by atoms with Crippen molar-refractivity contribution in [3.63, 3.8) is 0 Å². The molecular weight excluding hydrogens is 244 g/mol. The minimum atomic E-state index is -0.372. The van der Waals surface area contributed by atoms with Crippen molar-refractivity contribution in [3.05, 3.63) is 29.6 Å². The molecule has 0 saturated heterocycles. The molecule has 0 aliphatic carbocycles. The lowest BCUT2D eigenvalue weighted by Gasteiger charge is -2.18. The van der Waals surface area contributed by atoms with Crippen LogP contribution in [0.4, 0.5) is 0 Å². The van der Waals surface area contributed by atoms with E-state index in [-0.39, 0.29) is 16.9 Å². The molecule has 0 bridgehead atoms. The zero-order chi connectivity index (χ0) is 11.1. The van der Waals surface area contributed by atoms with Gasteiger partial charge in [0.15, 0.2) is 5.11 Å². The lowest BCUT2D eigenvalue weighted by Crippen LogP contribution is -2.41. The summed E-state index contributed by atoms with van der Waals surface area (Å²) in [6.45, 7) is 0. The van der Waals surface area contributed by atoms with Crippen molar-refractivity contribution in [1.82, 2.24) is 5.32 Å². The van der Waals surface area contributed by atoms with Crippen molar-refractivity contribution >= 4 is 45.6 Å². The van der Waals surface area contributed by atoms with E-state index in [9.17, 15) is 4.79 Å². The number of nitrogens with one attached hydrogen (secondary N) is 1. The Morgan fingerprint density at radius 3 is 3.19 bits per heavy atom. The first-order valence-electron chi connectivity index (χ1n) is 4.60. The van der Waals surface area contributed by atoms with Crippen molar-refractivity contribution in [1.29, 1.82) is 0 Å². The van der Waals surface area contributed by atoms with Crippen molar-refractivity contribution in [2.24, 2.45) is 10.9 Å². The minimum absolute atomic E-state index is 0.136. The van der Waals surface area contributed by atoms with Crippen LogP contribution in [0.25, 0.3) is 5.57 Å². The van der Waals surface area contributed by atoms with Gasteiger partial charge in [-0.25, -0.2) is 4.99 Å². The third-order valence-corrected chi connectivity index (χ3v) is 3.51. The number of aliphatic imine (C=N–C) groups is 1. The van der Waals surface area contributed by atoms with E-state index in [4.69, 9.17) is 16.6 Å². The highest BCUT2D eigenvalue weighted by Gasteiger charge is 2.38. The van der Waals surface area contributed by atoms with Gasteiger partial charge >= 0.3 is 0 Å². The van der Waals surface area contributed by atoms with Crippen molar-refractivity contribution in [2.75, 3.05) is 0 Å². The number of hydrogen-bond donors (Lipinski definition) is 1. The van der Waals surface area contributed by atoms with Crippen LogP contribution in [0, 0.1) is 5.92 Å². The Hall–Kier alpha value is -1.40. The highest BCUT2D eigenvalue weighted by atomic mass is 32.2. The van der Waals surface area contributed by atoms with E-state index in [2.05, 4.69) is 10.3 Å². The van der Waals surface area contributed by atoms with Gasteiger partial charge in [-0.15, -0.1) is 0 Å². The maximum atomic E-state index is 11.8. The Labute approximate surface area is 101 Å². The van der Waals surface area contributed by atoms with Crippen molar-refractivity contribution in [3.8, 4) is 0 Å². The number of nitrogens with zero attached hydrogens (tertiary/aromatic N) is 1. The van der Waals surface area contributed by atoms with E-state index < -0.39 is 0 Å².